The minimum Gasteiger partial charge on any atom is -0.477 e. The molecule has 1 aromatic carbocycles. The van der Waals surface area contributed by atoms with Crippen LogP contribution in [0.3, 0.4) is 0 Å². The Kier molecular flexibility index (Phi) is 6.23. The zero-order valence-corrected chi connectivity index (χ0v) is 17.8. The molecule has 2 heterocycles. The molecule has 0 amide bonds. The van der Waals surface area contributed by atoms with Gasteiger partial charge in [0.25, 0.3) is 0 Å². The summed E-state index contributed by atoms with van der Waals surface area (Å²) >= 11 is 15.5. The molecule has 0 unspecified atom stereocenters. The van der Waals surface area contributed by atoms with Crippen molar-refractivity contribution in [2.45, 2.75) is 19.9 Å². The first-order valence-corrected chi connectivity index (χ1v) is 9.93. The maximum absolute atomic E-state index is 12.7. The zero-order chi connectivity index (χ0) is 20.4. The van der Waals surface area contributed by atoms with Crippen molar-refractivity contribution in [3.05, 3.63) is 84.3 Å². The Morgan fingerprint density at radius 1 is 1.18 bits per heavy atom. The summed E-state index contributed by atoms with van der Waals surface area (Å²) in [5, 5.41) is 10.3. The largest absolute Gasteiger partial charge is 0.477 e. The van der Waals surface area contributed by atoms with Gasteiger partial charge in [0.05, 0.1) is 15.7 Å². The normalized spacial score (nSPS) is 10.9. The molecule has 0 radical (unpaired) electrons. The van der Waals surface area contributed by atoms with Crippen LogP contribution < -0.4 is 5.43 Å². The predicted octanol–water partition coefficient (Wildman–Crippen LogP) is 5.29. The van der Waals surface area contributed by atoms with E-state index in [0.717, 1.165) is 5.69 Å². The number of carbonyl (C=O) groups is 1. The van der Waals surface area contributed by atoms with E-state index in [1.807, 2.05) is 25.1 Å². The monoisotopic (exact) mass is 480 g/mol. The van der Waals surface area contributed by atoms with Gasteiger partial charge in [-0.2, -0.15) is 0 Å². The lowest BCUT2D eigenvalue weighted by Gasteiger charge is -2.20. The van der Waals surface area contributed by atoms with E-state index in [0.29, 0.717) is 39.5 Å². The van der Waals surface area contributed by atoms with E-state index < -0.39 is 11.4 Å². The number of nitrogens with zero attached hydrogens (tertiary/aromatic N) is 2. The Morgan fingerprint density at radius 2 is 1.93 bits per heavy atom. The van der Waals surface area contributed by atoms with Crippen LogP contribution in [0.15, 0.2) is 51.9 Å². The van der Waals surface area contributed by atoms with E-state index >= 15 is 0 Å². The van der Waals surface area contributed by atoms with Gasteiger partial charge in [-0.05, 0) is 47.1 Å². The minimum atomic E-state index is -1.29. The molecule has 0 saturated heterocycles. The summed E-state index contributed by atoms with van der Waals surface area (Å²) < 4.78 is 2.48. The van der Waals surface area contributed by atoms with Crippen LogP contribution in [0, 0.1) is 0 Å². The van der Waals surface area contributed by atoms with E-state index in [1.165, 1.54) is 6.07 Å². The molecule has 8 heteroatoms. The minimum absolute atomic E-state index is 0.282. The molecule has 0 aliphatic carbocycles. The third-order valence-electron chi connectivity index (χ3n) is 4.26. The lowest BCUT2D eigenvalue weighted by molar-refractivity contribution is 0.0695. The quantitative estimate of drug-likeness (QED) is 0.502. The summed E-state index contributed by atoms with van der Waals surface area (Å²) in [6.45, 7) is 2.34. The molecule has 0 aliphatic rings. The van der Waals surface area contributed by atoms with E-state index in [9.17, 15) is 14.7 Å². The number of hydrogen-bond donors (Lipinski definition) is 1. The SMILES string of the molecule is CCn1c(Cc2cccc(Br)n2)cc(=O)c(C(=O)O)c1-c1ccc(Cl)c(Cl)c1. The van der Waals surface area contributed by atoms with Crippen LogP contribution in [0.5, 0.6) is 0 Å². The van der Waals surface area contributed by atoms with Crippen molar-refractivity contribution >= 4 is 45.1 Å². The number of aromatic carboxylic acids is 1. The first-order valence-electron chi connectivity index (χ1n) is 8.38. The topological polar surface area (TPSA) is 72.2 Å². The van der Waals surface area contributed by atoms with Gasteiger partial charge in [0.15, 0.2) is 5.43 Å². The summed E-state index contributed by atoms with van der Waals surface area (Å²) in [4.78, 5) is 28.9. The first kappa shape index (κ1) is 20.6. The highest BCUT2D eigenvalue weighted by Gasteiger charge is 2.22. The fraction of sp³-hybridized carbons (Fsp3) is 0.150. The Balaban J connectivity index is 2.28. The van der Waals surface area contributed by atoms with Crippen molar-refractivity contribution in [2.24, 2.45) is 0 Å². The summed E-state index contributed by atoms with van der Waals surface area (Å²) in [6.07, 6.45) is 0.372. The molecule has 2 aromatic heterocycles. The van der Waals surface area contributed by atoms with Crippen molar-refractivity contribution in [3.63, 3.8) is 0 Å². The molecule has 5 nitrogen and oxygen atoms in total. The Bertz CT molecular complexity index is 1130. The number of rotatable bonds is 5. The molecule has 1 N–H and O–H groups in total. The molecule has 3 rings (SSSR count). The van der Waals surface area contributed by atoms with Gasteiger partial charge in [0.2, 0.25) is 0 Å². The van der Waals surface area contributed by atoms with E-state index in [-0.39, 0.29) is 10.6 Å². The second kappa shape index (κ2) is 8.47. The van der Waals surface area contributed by atoms with Gasteiger partial charge < -0.3 is 9.67 Å². The highest BCUT2D eigenvalue weighted by Crippen LogP contribution is 2.31. The molecule has 28 heavy (non-hydrogen) atoms. The van der Waals surface area contributed by atoms with Crippen molar-refractivity contribution in [2.75, 3.05) is 0 Å². The van der Waals surface area contributed by atoms with Crippen molar-refractivity contribution < 1.29 is 9.90 Å². The standard InChI is InChI=1S/C20H15BrCl2N2O3/c1-2-25-13(9-12-4-3-5-17(21)24-12)10-16(26)18(20(27)28)19(25)11-6-7-14(22)15(23)8-11/h3-8,10H,2,9H2,1H3,(H,27,28). The van der Waals surface area contributed by atoms with E-state index in [1.54, 1.807) is 22.8 Å². The van der Waals surface area contributed by atoms with Crippen LogP contribution in [0.2, 0.25) is 10.0 Å². The Labute approximate surface area is 179 Å². The molecular weight excluding hydrogens is 467 g/mol. The third kappa shape index (κ3) is 4.14. The Morgan fingerprint density at radius 3 is 2.54 bits per heavy atom. The number of hydrogen-bond acceptors (Lipinski definition) is 3. The zero-order valence-electron chi connectivity index (χ0n) is 14.7. The lowest BCUT2D eigenvalue weighted by Crippen LogP contribution is -2.23. The number of aromatic nitrogens is 2. The molecule has 0 atom stereocenters. The summed E-state index contributed by atoms with van der Waals surface area (Å²) in [6, 6.07) is 11.7. The van der Waals surface area contributed by atoms with Gasteiger partial charge >= 0.3 is 5.97 Å². The van der Waals surface area contributed by atoms with E-state index in [4.69, 9.17) is 23.2 Å². The molecule has 3 aromatic rings. The molecule has 0 bridgehead atoms. The number of pyridine rings is 2. The molecule has 0 aliphatic heterocycles. The third-order valence-corrected chi connectivity index (χ3v) is 5.44. The average molecular weight is 482 g/mol. The molecule has 0 fully saturated rings. The van der Waals surface area contributed by atoms with Crippen LogP contribution in [0.25, 0.3) is 11.3 Å². The van der Waals surface area contributed by atoms with Crippen LogP contribution in [-0.2, 0) is 13.0 Å². The van der Waals surface area contributed by atoms with Crippen LogP contribution >= 0.6 is 39.1 Å². The summed E-state index contributed by atoms with van der Waals surface area (Å²) in [7, 11) is 0. The highest BCUT2D eigenvalue weighted by molar-refractivity contribution is 9.10. The fourth-order valence-electron chi connectivity index (χ4n) is 3.09. The number of benzene rings is 1. The first-order chi connectivity index (χ1) is 13.3. The smallest absolute Gasteiger partial charge is 0.341 e. The molecule has 144 valence electrons. The maximum atomic E-state index is 12.7. The van der Waals surface area contributed by atoms with Gasteiger partial charge in [-0.25, -0.2) is 9.78 Å². The van der Waals surface area contributed by atoms with Gasteiger partial charge in [-0.15, -0.1) is 0 Å². The summed E-state index contributed by atoms with van der Waals surface area (Å²) in [5.74, 6) is -1.29. The molecular formula is C20H15BrCl2N2O3. The van der Waals surface area contributed by atoms with E-state index in [2.05, 4.69) is 20.9 Å². The summed E-state index contributed by atoms with van der Waals surface area (Å²) in [5.41, 5.74) is 1.35. The fourth-order valence-corrected chi connectivity index (χ4v) is 3.77. The Hall–Kier alpha value is -2.15. The van der Waals surface area contributed by atoms with Crippen LogP contribution in [0.4, 0.5) is 0 Å². The number of halogens is 3. The van der Waals surface area contributed by atoms with Crippen molar-refractivity contribution in [1.29, 1.82) is 0 Å². The average Bonchev–Trinajstić information content (AvgIpc) is 2.63. The van der Waals surface area contributed by atoms with Gasteiger partial charge in [-0.1, -0.05) is 35.3 Å². The van der Waals surface area contributed by atoms with Crippen molar-refractivity contribution in [3.8, 4) is 11.3 Å². The van der Waals surface area contributed by atoms with Gasteiger partial charge in [0.1, 0.15) is 10.2 Å². The van der Waals surface area contributed by atoms with Crippen molar-refractivity contribution in [1.82, 2.24) is 9.55 Å². The molecule has 0 saturated carbocycles. The number of carboxylic acid groups (broad SMARTS) is 1. The second-order valence-corrected chi connectivity index (χ2v) is 7.66. The second-order valence-electron chi connectivity index (χ2n) is 6.03. The highest BCUT2D eigenvalue weighted by atomic mass is 79.9. The predicted molar refractivity (Wildman–Crippen MR) is 114 cm³/mol. The number of carboxylic acids is 1. The maximum Gasteiger partial charge on any atom is 0.341 e. The lowest BCUT2D eigenvalue weighted by atomic mass is 10.0. The molecule has 0 spiro atoms. The van der Waals surface area contributed by atoms with Gasteiger partial charge in [0, 0.05) is 36.0 Å². The van der Waals surface area contributed by atoms with Crippen LogP contribution in [0.1, 0.15) is 28.7 Å². The van der Waals surface area contributed by atoms with Gasteiger partial charge in [-0.3, -0.25) is 4.79 Å². The van der Waals surface area contributed by atoms with Crippen LogP contribution in [-0.4, -0.2) is 20.6 Å².